The minimum Gasteiger partial charge on any atom is -0.368 e. The van der Waals surface area contributed by atoms with Crippen LogP contribution in [0.5, 0.6) is 0 Å². The van der Waals surface area contributed by atoms with Gasteiger partial charge in [0.05, 0.1) is 6.04 Å². The van der Waals surface area contributed by atoms with Gasteiger partial charge in [-0.3, -0.25) is 9.69 Å². The predicted octanol–water partition coefficient (Wildman–Crippen LogP) is 0.952. The molecule has 1 aliphatic rings. The Labute approximate surface area is 84.2 Å². The molecule has 1 fully saturated rings. The van der Waals surface area contributed by atoms with Crippen molar-refractivity contribution in [2.75, 3.05) is 6.54 Å². The third-order valence-corrected chi connectivity index (χ3v) is 2.76. The molecule has 0 bridgehead atoms. The largest absolute Gasteiger partial charge is 0.368 e. The van der Waals surface area contributed by atoms with Crippen LogP contribution >= 0.6 is 11.6 Å². The van der Waals surface area contributed by atoms with Crippen molar-refractivity contribution in [3.8, 4) is 0 Å². The van der Waals surface area contributed by atoms with Gasteiger partial charge in [0, 0.05) is 17.5 Å². The van der Waals surface area contributed by atoms with Gasteiger partial charge < -0.3 is 5.73 Å². The lowest BCUT2D eigenvalue weighted by molar-refractivity contribution is -0.123. The van der Waals surface area contributed by atoms with E-state index in [1.165, 1.54) is 0 Å². The molecule has 1 saturated heterocycles. The summed E-state index contributed by atoms with van der Waals surface area (Å²) in [7, 11) is 0. The van der Waals surface area contributed by atoms with Crippen LogP contribution in [0.25, 0.3) is 0 Å². The van der Waals surface area contributed by atoms with E-state index in [4.69, 9.17) is 17.3 Å². The molecule has 0 aliphatic carbocycles. The van der Waals surface area contributed by atoms with Crippen molar-refractivity contribution >= 4 is 17.5 Å². The van der Waals surface area contributed by atoms with Crippen molar-refractivity contribution in [2.45, 2.75) is 44.1 Å². The van der Waals surface area contributed by atoms with E-state index >= 15 is 0 Å². The number of carbonyl (C=O) groups is 1. The number of hydrogen-bond donors (Lipinski definition) is 1. The van der Waals surface area contributed by atoms with E-state index in [0.717, 1.165) is 6.54 Å². The van der Waals surface area contributed by atoms with Gasteiger partial charge in [0.1, 0.15) is 0 Å². The molecule has 0 aromatic heterocycles. The van der Waals surface area contributed by atoms with Gasteiger partial charge in [-0.25, -0.2) is 0 Å². The Kier molecular flexibility index (Phi) is 2.88. The van der Waals surface area contributed by atoms with Crippen molar-refractivity contribution in [3.63, 3.8) is 0 Å². The maximum atomic E-state index is 11.1. The molecule has 1 heterocycles. The van der Waals surface area contributed by atoms with Gasteiger partial charge in [-0.15, -0.1) is 11.6 Å². The first-order chi connectivity index (χ1) is 5.82. The highest BCUT2D eigenvalue weighted by atomic mass is 35.5. The number of amides is 1. The molecule has 0 aromatic carbocycles. The molecule has 2 N–H and O–H groups in total. The van der Waals surface area contributed by atoms with Crippen LogP contribution in [0.3, 0.4) is 0 Å². The third kappa shape index (κ3) is 2.35. The van der Waals surface area contributed by atoms with Crippen LogP contribution in [0.2, 0.25) is 0 Å². The Morgan fingerprint density at radius 2 is 2.08 bits per heavy atom. The van der Waals surface area contributed by atoms with E-state index in [1.54, 1.807) is 0 Å². The second-order valence-corrected chi connectivity index (χ2v) is 5.19. The Morgan fingerprint density at radius 1 is 1.54 bits per heavy atom. The highest BCUT2D eigenvalue weighted by Gasteiger charge is 2.40. The summed E-state index contributed by atoms with van der Waals surface area (Å²) in [5.74, 6) is -0.266. The zero-order valence-electron chi connectivity index (χ0n) is 8.38. The molecule has 2 atom stereocenters. The summed E-state index contributed by atoms with van der Waals surface area (Å²) in [6, 6.07) is -0.192. The average molecular weight is 205 g/mol. The predicted molar refractivity (Wildman–Crippen MR) is 53.7 cm³/mol. The molecule has 13 heavy (non-hydrogen) atoms. The number of hydrogen-bond acceptors (Lipinski definition) is 2. The first-order valence-corrected chi connectivity index (χ1v) is 4.96. The summed E-state index contributed by atoms with van der Waals surface area (Å²) in [4.78, 5) is 13.2. The molecule has 3 nitrogen and oxygen atoms in total. The number of likely N-dealkylation sites (tertiary alicyclic amines) is 1. The van der Waals surface area contributed by atoms with Gasteiger partial charge in [-0.2, -0.15) is 0 Å². The number of nitrogens with zero attached hydrogens (tertiary/aromatic N) is 1. The maximum absolute atomic E-state index is 11.1. The number of carbonyl (C=O) groups excluding carboxylic acids is 1. The van der Waals surface area contributed by atoms with Crippen molar-refractivity contribution in [2.24, 2.45) is 5.73 Å². The summed E-state index contributed by atoms with van der Waals surface area (Å²) in [5, 5.41) is 0.0525. The highest BCUT2D eigenvalue weighted by molar-refractivity contribution is 6.21. The van der Waals surface area contributed by atoms with Crippen LogP contribution in [0.15, 0.2) is 0 Å². The Bertz CT molecular complexity index is 212. The molecule has 0 saturated carbocycles. The molecule has 0 spiro atoms. The summed E-state index contributed by atoms with van der Waals surface area (Å²) >= 11 is 6.00. The van der Waals surface area contributed by atoms with Crippen LogP contribution in [-0.2, 0) is 4.79 Å². The first kappa shape index (κ1) is 10.8. The van der Waals surface area contributed by atoms with Crippen LogP contribution in [0, 0.1) is 0 Å². The Balaban J connectivity index is 2.78. The van der Waals surface area contributed by atoms with Crippen LogP contribution in [0.4, 0.5) is 0 Å². The second-order valence-electron chi connectivity index (χ2n) is 4.57. The number of halogens is 1. The number of alkyl halides is 1. The molecule has 0 radical (unpaired) electrons. The highest BCUT2D eigenvalue weighted by Crippen LogP contribution is 2.28. The van der Waals surface area contributed by atoms with Gasteiger partial charge in [-0.05, 0) is 27.2 Å². The van der Waals surface area contributed by atoms with E-state index in [0.29, 0.717) is 6.42 Å². The van der Waals surface area contributed by atoms with Crippen LogP contribution in [0.1, 0.15) is 27.2 Å². The molecule has 0 aromatic rings. The lowest BCUT2D eigenvalue weighted by atomic mass is 10.0. The third-order valence-electron chi connectivity index (χ3n) is 2.44. The monoisotopic (exact) mass is 204 g/mol. The Morgan fingerprint density at radius 3 is 2.38 bits per heavy atom. The smallest absolute Gasteiger partial charge is 0.234 e. The molecule has 1 amide bonds. The summed E-state index contributed by atoms with van der Waals surface area (Å²) in [6.07, 6.45) is 0.675. The van der Waals surface area contributed by atoms with Gasteiger partial charge >= 0.3 is 0 Å². The van der Waals surface area contributed by atoms with E-state index in [2.05, 4.69) is 25.7 Å². The fraction of sp³-hybridized carbons (Fsp3) is 0.889. The average Bonchev–Trinajstić information content (AvgIpc) is 2.29. The van der Waals surface area contributed by atoms with Crippen LogP contribution in [-0.4, -0.2) is 34.3 Å². The van der Waals surface area contributed by atoms with Crippen LogP contribution < -0.4 is 5.73 Å². The van der Waals surface area contributed by atoms with Crippen molar-refractivity contribution in [1.29, 1.82) is 0 Å². The van der Waals surface area contributed by atoms with Crippen molar-refractivity contribution in [1.82, 2.24) is 4.90 Å². The lowest BCUT2D eigenvalue weighted by Crippen LogP contribution is -2.49. The zero-order chi connectivity index (χ0) is 10.2. The number of rotatable bonds is 1. The molecular formula is C9H17ClN2O. The van der Waals surface area contributed by atoms with Crippen molar-refractivity contribution < 1.29 is 4.79 Å². The minimum atomic E-state index is -0.266. The van der Waals surface area contributed by atoms with E-state index in [1.807, 2.05) is 0 Å². The van der Waals surface area contributed by atoms with E-state index in [9.17, 15) is 4.79 Å². The fourth-order valence-electron chi connectivity index (χ4n) is 1.80. The van der Waals surface area contributed by atoms with Gasteiger partial charge in [0.2, 0.25) is 5.91 Å². The number of nitrogens with two attached hydrogens (primary N) is 1. The molecule has 76 valence electrons. The SMILES string of the molecule is CC(C)(C)N1C[C@@H](Cl)C[C@H]1C(N)=O. The van der Waals surface area contributed by atoms with E-state index < -0.39 is 0 Å². The topological polar surface area (TPSA) is 46.3 Å². The van der Waals surface area contributed by atoms with Gasteiger partial charge in [0.25, 0.3) is 0 Å². The van der Waals surface area contributed by atoms with Crippen molar-refractivity contribution in [3.05, 3.63) is 0 Å². The lowest BCUT2D eigenvalue weighted by Gasteiger charge is -2.35. The first-order valence-electron chi connectivity index (χ1n) is 4.52. The molecule has 0 unspecified atom stereocenters. The minimum absolute atomic E-state index is 0.0384. The van der Waals surface area contributed by atoms with Gasteiger partial charge in [-0.1, -0.05) is 0 Å². The summed E-state index contributed by atoms with van der Waals surface area (Å²) in [5.41, 5.74) is 5.27. The zero-order valence-corrected chi connectivity index (χ0v) is 9.14. The molecular weight excluding hydrogens is 188 g/mol. The second kappa shape index (κ2) is 3.46. The molecule has 4 heteroatoms. The quantitative estimate of drug-likeness (QED) is 0.647. The molecule has 1 rings (SSSR count). The Hall–Kier alpha value is -0.280. The van der Waals surface area contributed by atoms with E-state index in [-0.39, 0.29) is 22.9 Å². The van der Waals surface area contributed by atoms with Gasteiger partial charge in [0.15, 0.2) is 0 Å². The standard InChI is InChI=1S/C9H17ClN2O/c1-9(2,3)12-5-6(10)4-7(12)8(11)13/h6-7H,4-5H2,1-3H3,(H2,11,13)/t6-,7-/m0/s1. The normalized spacial score (nSPS) is 30.8. The fourth-order valence-corrected chi connectivity index (χ4v) is 2.11. The summed E-state index contributed by atoms with van der Waals surface area (Å²) < 4.78 is 0. The number of primary amides is 1. The maximum Gasteiger partial charge on any atom is 0.234 e. The summed E-state index contributed by atoms with van der Waals surface area (Å²) in [6.45, 7) is 6.95. The molecule has 1 aliphatic heterocycles.